The van der Waals surface area contributed by atoms with E-state index in [2.05, 4.69) is 53.5 Å². The zero-order valence-electron chi connectivity index (χ0n) is 17.6. The zero-order valence-corrected chi connectivity index (χ0v) is 17.6. The van der Waals surface area contributed by atoms with Crippen molar-refractivity contribution in [2.75, 3.05) is 19.6 Å². The second-order valence-electron chi connectivity index (χ2n) is 8.48. The summed E-state index contributed by atoms with van der Waals surface area (Å²) in [5.41, 5.74) is 3.73. The lowest BCUT2D eigenvalue weighted by Gasteiger charge is -2.44. The summed E-state index contributed by atoms with van der Waals surface area (Å²) in [5, 5.41) is 3.21. The number of hydrogen-bond acceptors (Lipinski definition) is 3. The van der Waals surface area contributed by atoms with Gasteiger partial charge in [0.2, 0.25) is 5.91 Å². The van der Waals surface area contributed by atoms with Gasteiger partial charge in [-0.15, -0.1) is 0 Å². The Morgan fingerprint density at radius 1 is 1.10 bits per heavy atom. The van der Waals surface area contributed by atoms with Gasteiger partial charge in [0, 0.05) is 12.3 Å². The first-order chi connectivity index (χ1) is 14.1. The van der Waals surface area contributed by atoms with E-state index in [9.17, 15) is 4.79 Å². The monoisotopic (exact) mass is 392 g/mol. The smallest absolute Gasteiger partial charge is 0.217 e. The van der Waals surface area contributed by atoms with Gasteiger partial charge in [0.15, 0.2) is 0 Å². The van der Waals surface area contributed by atoms with Gasteiger partial charge in [0.05, 0.1) is 18.8 Å². The third-order valence-corrected chi connectivity index (χ3v) is 6.60. The molecule has 1 aliphatic heterocycles. The maximum atomic E-state index is 12.1. The average molecular weight is 393 g/mol. The lowest BCUT2D eigenvalue weighted by atomic mass is 9.71. The first kappa shape index (κ1) is 20.1. The van der Waals surface area contributed by atoms with Crippen LogP contribution in [-0.4, -0.2) is 36.5 Å². The van der Waals surface area contributed by atoms with Crippen LogP contribution < -0.4 is 5.32 Å². The zero-order chi connectivity index (χ0) is 20.3. The largest absolute Gasteiger partial charge is 0.370 e. The van der Waals surface area contributed by atoms with Gasteiger partial charge in [-0.1, -0.05) is 61.5 Å². The SMILES string of the molecule is CCCN1CCC2(CC1)c1ccccc1[C@H](NC(C)=O)[C@H]2OCc1ccccc1. The Balaban J connectivity index is 1.66. The Labute approximate surface area is 174 Å². The molecule has 154 valence electrons. The summed E-state index contributed by atoms with van der Waals surface area (Å²) in [6, 6.07) is 18.9. The minimum absolute atomic E-state index is 0.00131. The number of nitrogens with zero attached hydrogens (tertiary/aromatic N) is 1. The normalized spacial score (nSPS) is 23.1. The summed E-state index contributed by atoms with van der Waals surface area (Å²) in [6.45, 7) is 7.73. The third kappa shape index (κ3) is 3.96. The van der Waals surface area contributed by atoms with Gasteiger partial charge < -0.3 is 15.0 Å². The van der Waals surface area contributed by atoms with Gasteiger partial charge in [-0.3, -0.25) is 4.79 Å². The number of rotatable bonds is 6. The number of amides is 1. The number of piperidine rings is 1. The van der Waals surface area contributed by atoms with Crippen molar-refractivity contribution < 1.29 is 9.53 Å². The van der Waals surface area contributed by atoms with E-state index in [1.165, 1.54) is 23.1 Å². The first-order valence-corrected chi connectivity index (χ1v) is 10.9. The molecule has 1 heterocycles. The van der Waals surface area contributed by atoms with Crippen LogP contribution in [0, 0.1) is 0 Å². The molecule has 2 aliphatic rings. The molecule has 4 rings (SSSR count). The van der Waals surface area contributed by atoms with Crippen LogP contribution in [0.5, 0.6) is 0 Å². The summed E-state index contributed by atoms with van der Waals surface area (Å²) in [7, 11) is 0. The van der Waals surface area contributed by atoms with E-state index in [1.807, 2.05) is 18.2 Å². The highest BCUT2D eigenvalue weighted by molar-refractivity contribution is 5.74. The Morgan fingerprint density at radius 2 is 1.79 bits per heavy atom. The molecule has 1 N–H and O–H groups in total. The molecule has 2 aromatic carbocycles. The summed E-state index contributed by atoms with van der Waals surface area (Å²) < 4.78 is 6.64. The number of likely N-dealkylation sites (tertiary alicyclic amines) is 1. The molecule has 1 amide bonds. The van der Waals surface area contributed by atoms with E-state index in [-0.39, 0.29) is 23.5 Å². The summed E-state index contributed by atoms with van der Waals surface area (Å²) in [4.78, 5) is 14.6. The molecule has 4 nitrogen and oxygen atoms in total. The van der Waals surface area contributed by atoms with Crippen LogP contribution in [-0.2, 0) is 21.6 Å². The Bertz CT molecular complexity index is 828. The molecule has 0 aromatic heterocycles. The van der Waals surface area contributed by atoms with Crippen LogP contribution >= 0.6 is 0 Å². The van der Waals surface area contributed by atoms with Crippen LogP contribution in [0.3, 0.4) is 0 Å². The molecule has 29 heavy (non-hydrogen) atoms. The Morgan fingerprint density at radius 3 is 2.48 bits per heavy atom. The number of fused-ring (bicyclic) bond motifs is 2. The average Bonchev–Trinajstić information content (AvgIpc) is 2.98. The van der Waals surface area contributed by atoms with Crippen LogP contribution in [0.15, 0.2) is 54.6 Å². The molecule has 4 heteroatoms. The molecule has 2 aromatic rings. The molecule has 1 fully saturated rings. The standard InChI is InChI=1S/C25H32N2O2/c1-3-15-27-16-13-25(14-17-27)22-12-8-7-11-21(22)23(26-19(2)28)24(25)29-18-20-9-5-4-6-10-20/h4-12,23-24H,3,13-18H2,1-2H3,(H,26,28)/t23-,24+/m0/s1. The summed E-state index contributed by atoms with van der Waals surface area (Å²) in [6.07, 6.45) is 3.28. The quantitative estimate of drug-likeness (QED) is 0.801. The molecule has 0 radical (unpaired) electrons. The maximum absolute atomic E-state index is 12.1. The predicted molar refractivity (Wildman–Crippen MR) is 116 cm³/mol. The molecule has 0 saturated carbocycles. The van der Waals surface area contributed by atoms with Crippen molar-refractivity contribution in [3.05, 3.63) is 71.3 Å². The van der Waals surface area contributed by atoms with E-state index in [0.717, 1.165) is 32.5 Å². The lowest BCUT2D eigenvalue weighted by molar-refractivity contribution is -0.122. The topological polar surface area (TPSA) is 41.6 Å². The fourth-order valence-electron chi connectivity index (χ4n) is 5.29. The second kappa shape index (κ2) is 8.68. The van der Waals surface area contributed by atoms with Crippen molar-refractivity contribution in [3.63, 3.8) is 0 Å². The molecular weight excluding hydrogens is 360 g/mol. The molecule has 2 atom stereocenters. The van der Waals surface area contributed by atoms with Gasteiger partial charge in [-0.2, -0.15) is 0 Å². The van der Waals surface area contributed by atoms with Gasteiger partial charge in [-0.25, -0.2) is 0 Å². The highest BCUT2D eigenvalue weighted by atomic mass is 16.5. The van der Waals surface area contributed by atoms with E-state index < -0.39 is 0 Å². The van der Waals surface area contributed by atoms with Gasteiger partial charge in [0.25, 0.3) is 0 Å². The number of carbonyl (C=O) groups excluding carboxylic acids is 1. The number of hydrogen-bond donors (Lipinski definition) is 1. The second-order valence-corrected chi connectivity index (χ2v) is 8.48. The molecule has 1 spiro atoms. The van der Waals surface area contributed by atoms with Crippen molar-refractivity contribution in [3.8, 4) is 0 Å². The summed E-state index contributed by atoms with van der Waals surface area (Å²) >= 11 is 0. The first-order valence-electron chi connectivity index (χ1n) is 10.9. The molecule has 1 aliphatic carbocycles. The fourth-order valence-corrected chi connectivity index (χ4v) is 5.29. The molecule has 0 bridgehead atoms. The highest BCUT2D eigenvalue weighted by Crippen LogP contribution is 2.52. The van der Waals surface area contributed by atoms with Crippen LogP contribution in [0.2, 0.25) is 0 Å². The van der Waals surface area contributed by atoms with E-state index in [1.54, 1.807) is 6.92 Å². The van der Waals surface area contributed by atoms with Crippen molar-refractivity contribution in [1.82, 2.24) is 10.2 Å². The maximum Gasteiger partial charge on any atom is 0.217 e. The third-order valence-electron chi connectivity index (χ3n) is 6.60. The van der Waals surface area contributed by atoms with Gasteiger partial charge >= 0.3 is 0 Å². The minimum Gasteiger partial charge on any atom is -0.370 e. The Hall–Kier alpha value is -2.17. The van der Waals surface area contributed by atoms with Gasteiger partial charge in [0.1, 0.15) is 0 Å². The number of carbonyl (C=O) groups is 1. The van der Waals surface area contributed by atoms with E-state index in [0.29, 0.717) is 6.61 Å². The van der Waals surface area contributed by atoms with Crippen LogP contribution in [0.25, 0.3) is 0 Å². The highest BCUT2D eigenvalue weighted by Gasteiger charge is 2.54. The fraction of sp³-hybridized carbons (Fsp3) is 0.480. The van der Waals surface area contributed by atoms with Gasteiger partial charge in [-0.05, 0) is 55.6 Å². The molecule has 1 saturated heterocycles. The van der Waals surface area contributed by atoms with Crippen LogP contribution in [0.1, 0.15) is 55.8 Å². The van der Waals surface area contributed by atoms with Crippen molar-refractivity contribution >= 4 is 5.91 Å². The number of benzene rings is 2. The van der Waals surface area contributed by atoms with Crippen molar-refractivity contribution in [1.29, 1.82) is 0 Å². The molecular formula is C25H32N2O2. The summed E-state index contributed by atoms with van der Waals surface area (Å²) in [5.74, 6) is -0.00131. The number of ether oxygens (including phenoxy) is 1. The lowest BCUT2D eigenvalue weighted by Crippen LogP contribution is -2.50. The van der Waals surface area contributed by atoms with E-state index in [4.69, 9.17) is 4.74 Å². The van der Waals surface area contributed by atoms with Crippen molar-refractivity contribution in [2.45, 2.75) is 57.3 Å². The molecule has 0 unspecified atom stereocenters. The van der Waals surface area contributed by atoms with Crippen molar-refractivity contribution in [2.24, 2.45) is 0 Å². The minimum atomic E-state index is -0.0925. The number of nitrogens with one attached hydrogen (secondary N) is 1. The predicted octanol–water partition coefficient (Wildman–Crippen LogP) is 4.21. The van der Waals surface area contributed by atoms with E-state index >= 15 is 0 Å². The Kier molecular flexibility index (Phi) is 6.02. The van der Waals surface area contributed by atoms with Crippen LogP contribution in [0.4, 0.5) is 0 Å².